The van der Waals surface area contributed by atoms with Crippen LogP contribution >= 0.6 is 11.3 Å². The highest BCUT2D eigenvalue weighted by atomic mass is 32.1. The van der Waals surface area contributed by atoms with Crippen molar-refractivity contribution >= 4 is 75.4 Å². The number of hydrogen-bond donors (Lipinski definition) is 1. The molecule has 0 amide bonds. The topological polar surface area (TPSA) is 51.5 Å². The van der Waals surface area contributed by atoms with E-state index in [0.29, 0.717) is 18.0 Å². The number of nitrogens with two attached hydrogens (primary N) is 1. The highest BCUT2D eigenvalue weighted by molar-refractivity contribution is 7.26. The van der Waals surface area contributed by atoms with E-state index in [1.54, 1.807) is 0 Å². The summed E-state index contributed by atoms with van der Waals surface area (Å²) < 4.78 is 9.09. The minimum Gasteiger partial charge on any atom is -0.452 e. The molecule has 0 radical (unpaired) electrons. The van der Waals surface area contributed by atoms with Crippen molar-refractivity contribution in [3.63, 3.8) is 0 Å². The van der Waals surface area contributed by atoms with Crippen LogP contribution in [-0.4, -0.2) is 5.71 Å². The largest absolute Gasteiger partial charge is 0.452 e. The first-order valence-electron chi connectivity index (χ1n) is 17.3. The average molecular weight is 673 g/mol. The van der Waals surface area contributed by atoms with Gasteiger partial charge in [-0.05, 0) is 98.8 Å². The van der Waals surface area contributed by atoms with E-state index in [-0.39, 0.29) is 0 Å². The Labute approximate surface area is 299 Å². The number of rotatable bonds is 6. The molecule has 242 valence electrons. The third-order valence-corrected chi connectivity index (χ3v) is 11.2. The van der Waals surface area contributed by atoms with E-state index >= 15 is 0 Å². The zero-order valence-corrected chi connectivity index (χ0v) is 28.8. The summed E-state index contributed by atoms with van der Waals surface area (Å²) in [4.78, 5) is 5.30. The van der Waals surface area contributed by atoms with Crippen molar-refractivity contribution in [3.05, 3.63) is 174 Å². The minimum atomic E-state index is 0.472. The lowest BCUT2D eigenvalue weighted by Gasteiger charge is -2.12. The predicted molar refractivity (Wildman–Crippen MR) is 218 cm³/mol. The number of hydrogen-bond acceptors (Lipinski definition) is 4. The van der Waals surface area contributed by atoms with E-state index in [1.807, 2.05) is 41.7 Å². The maximum Gasteiger partial charge on any atom is 0.176 e. The number of aliphatic imine (C=N–C) groups is 1. The monoisotopic (exact) mass is 672 g/mol. The Morgan fingerprint density at radius 2 is 1.25 bits per heavy atom. The maximum absolute atomic E-state index is 6.78. The molecule has 2 heterocycles. The Kier molecular flexibility index (Phi) is 6.80. The number of nitrogens with zero attached hydrogens (tertiary/aromatic N) is 1. The van der Waals surface area contributed by atoms with Gasteiger partial charge in [-0.25, -0.2) is 0 Å². The summed E-state index contributed by atoms with van der Waals surface area (Å²) in [5, 5.41) is 8.89. The van der Waals surface area contributed by atoms with E-state index in [2.05, 4.69) is 128 Å². The van der Waals surface area contributed by atoms with Gasteiger partial charge in [0.1, 0.15) is 11.3 Å². The molecule has 0 fully saturated rings. The van der Waals surface area contributed by atoms with Gasteiger partial charge in [-0.3, -0.25) is 4.99 Å². The van der Waals surface area contributed by atoms with Crippen LogP contribution in [0.2, 0.25) is 0 Å². The fraction of sp³-hybridized carbons (Fsp3) is 0.0426. The van der Waals surface area contributed by atoms with E-state index in [4.69, 9.17) is 15.1 Å². The molecule has 0 unspecified atom stereocenters. The number of furan rings is 1. The first kappa shape index (κ1) is 29.7. The molecule has 0 aliphatic heterocycles. The molecule has 10 aromatic rings. The summed E-state index contributed by atoms with van der Waals surface area (Å²) >= 11 is 1.89. The van der Waals surface area contributed by atoms with Gasteiger partial charge in [0.05, 0.1) is 12.2 Å². The third kappa shape index (κ3) is 4.91. The first-order chi connectivity index (χ1) is 25.1. The lowest BCUT2D eigenvalue weighted by Crippen LogP contribution is -2.06. The second-order valence-corrected chi connectivity index (χ2v) is 14.5. The Hall–Kier alpha value is -6.23. The second kappa shape index (κ2) is 11.7. The normalized spacial score (nSPS) is 12.3. The molecule has 0 aliphatic rings. The van der Waals surface area contributed by atoms with Crippen LogP contribution in [0.4, 0.5) is 5.69 Å². The van der Waals surface area contributed by atoms with Crippen molar-refractivity contribution in [1.29, 1.82) is 0 Å². The molecule has 10 rings (SSSR count). The number of para-hydroxylation sites is 1. The third-order valence-electron chi connectivity index (χ3n) is 10.1. The summed E-state index contributed by atoms with van der Waals surface area (Å²) in [6, 6.07) is 53.9. The van der Waals surface area contributed by atoms with Gasteiger partial charge < -0.3 is 10.2 Å². The fourth-order valence-corrected chi connectivity index (χ4v) is 9.00. The van der Waals surface area contributed by atoms with Crippen LogP contribution in [0.15, 0.2) is 161 Å². The zero-order valence-electron chi connectivity index (χ0n) is 28.0. The van der Waals surface area contributed by atoms with Crippen LogP contribution < -0.4 is 5.73 Å². The first-order valence-corrected chi connectivity index (χ1v) is 18.1. The van der Waals surface area contributed by atoms with Crippen LogP contribution in [0.3, 0.4) is 0 Å². The molecule has 0 spiro atoms. The molecular formula is C47H32N2OS. The average Bonchev–Trinajstić information content (AvgIpc) is 3.72. The Balaban J connectivity index is 1.11. The van der Waals surface area contributed by atoms with Crippen molar-refractivity contribution in [3.8, 4) is 22.3 Å². The van der Waals surface area contributed by atoms with E-state index in [1.165, 1.54) is 58.4 Å². The summed E-state index contributed by atoms with van der Waals surface area (Å²) in [6.07, 6.45) is 0. The summed E-state index contributed by atoms with van der Waals surface area (Å²) in [7, 11) is 0. The number of anilines is 1. The smallest absolute Gasteiger partial charge is 0.176 e. The second-order valence-electron chi connectivity index (χ2n) is 13.4. The Bertz CT molecular complexity index is 2970. The van der Waals surface area contributed by atoms with Crippen molar-refractivity contribution in [2.75, 3.05) is 5.73 Å². The summed E-state index contributed by atoms with van der Waals surface area (Å²) in [5.41, 5.74) is 16.8. The lowest BCUT2D eigenvalue weighted by atomic mass is 9.91. The fourth-order valence-electron chi connectivity index (χ4n) is 7.81. The van der Waals surface area contributed by atoms with Crippen LogP contribution in [0.1, 0.15) is 22.5 Å². The lowest BCUT2D eigenvalue weighted by molar-refractivity contribution is 0.606. The molecule has 51 heavy (non-hydrogen) atoms. The van der Waals surface area contributed by atoms with Gasteiger partial charge in [0.15, 0.2) is 5.76 Å². The number of fused-ring (bicyclic) bond motifs is 4. The number of nitrogen functional groups attached to an aromatic ring is 1. The molecule has 2 aromatic heterocycles. The van der Waals surface area contributed by atoms with Gasteiger partial charge in [0, 0.05) is 31.1 Å². The van der Waals surface area contributed by atoms with Crippen molar-refractivity contribution in [1.82, 2.24) is 0 Å². The van der Waals surface area contributed by atoms with Crippen molar-refractivity contribution in [2.24, 2.45) is 4.99 Å². The van der Waals surface area contributed by atoms with Crippen LogP contribution in [-0.2, 0) is 6.54 Å². The van der Waals surface area contributed by atoms with E-state index < -0.39 is 0 Å². The molecule has 3 nitrogen and oxygen atoms in total. The molecule has 0 atom stereocenters. The maximum atomic E-state index is 6.78. The molecule has 4 heteroatoms. The van der Waals surface area contributed by atoms with E-state index in [9.17, 15) is 0 Å². The van der Waals surface area contributed by atoms with Gasteiger partial charge in [0.2, 0.25) is 0 Å². The molecule has 0 saturated carbocycles. The quantitative estimate of drug-likeness (QED) is 0.141. The molecule has 0 saturated heterocycles. The standard InChI is InChI=1S/C47H32N2OS/c1-28-21-29(23-33(22-28)34-25-39-36-16-6-5-15-35(36)37-18-10-20-41-43(37)44(39)42(26-34)51-41)27-49-46(47-45(48)38-17-7-8-19-40(38)50-47)32-14-9-13-31(24-32)30-11-3-2-4-12-30/h2-26H,27,48H2,1H3. The minimum absolute atomic E-state index is 0.472. The van der Waals surface area contributed by atoms with Gasteiger partial charge >= 0.3 is 0 Å². The molecule has 0 bridgehead atoms. The molecular weight excluding hydrogens is 641 g/mol. The van der Waals surface area contributed by atoms with Gasteiger partial charge in [-0.2, -0.15) is 0 Å². The molecule has 2 N–H and O–H groups in total. The van der Waals surface area contributed by atoms with E-state index in [0.717, 1.165) is 38.9 Å². The Morgan fingerprint density at radius 3 is 2.10 bits per heavy atom. The van der Waals surface area contributed by atoms with Crippen molar-refractivity contribution < 1.29 is 4.42 Å². The number of aryl methyl sites for hydroxylation is 1. The highest BCUT2D eigenvalue weighted by Gasteiger charge is 2.20. The molecule has 0 aliphatic carbocycles. The zero-order chi connectivity index (χ0) is 34.1. The summed E-state index contributed by atoms with van der Waals surface area (Å²) in [6.45, 7) is 2.64. The van der Waals surface area contributed by atoms with Crippen molar-refractivity contribution in [2.45, 2.75) is 13.5 Å². The van der Waals surface area contributed by atoms with Crippen LogP contribution in [0, 0.1) is 6.92 Å². The van der Waals surface area contributed by atoms with Gasteiger partial charge in [-0.1, -0.05) is 115 Å². The van der Waals surface area contributed by atoms with Crippen LogP contribution in [0.5, 0.6) is 0 Å². The Morgan fingerprint density at radius 1 is 0.569 bits per heavy atom. The van der Waals surface area contributed by atoms with Gasteiger partial charge in [-0.15, -0.1) is 11.3 Å². The predicted octanol–water partition coefficient (Wildman–Crippen LogP) is 12.8. The number of benzene rings is 8. The molecule has 8 aromatic carbocycles. The SMILES string of the molecule is Cc1cc(CN=C(c2cccc(-c3ccccc3)c2)c2oc3ccccc3c2N)cc(-c2cc3sc4cccc5c6ccccc6c(c2)c3c45)c1. The number of thiophene rings is 1. The van der Waals surface area contributed by atoms with Crippen LogP contribution in [0.25, 0.3) is 74.9 Å². The highest BCUT2D eigenvalue weighted by Crippen LogP contribution is 2.46. The summed E-state index contributed by atoms with van der Waals surface area (Å²) in [5.74, 6) is 0.599. The van der Waals surface area contributed by atoms with Gasteiger partial charge in [0.25, 0.3) is 0 Å².